The largest absolute Gasteiger partial charge is 0.337 e. The molecule has 1 saturated heterocycles. The molecule has 5 heteroatoms. The first-order valence-corrected chi connectivity index (χ1v) is 8.12. The summed E-state index contributed by atoms with van der Waals surface area (Å²) < 4.78 is 2.03. The maximum absolute atomic E-state index is 12.8. The maximum Gasteiger partial charge on any atom is 0.242 e. The van der Waals surface area contributed by atoms with E-state index in [2.05, 4.69) is 17.2 Å². The monoisotopic (exact) mass is 300 g/mol. The van der Waals surface area contributed by atoms with Crippen molar-refractivity contribution in [3.8, 4) is 0 Å². The fraction of sp³-hybridized carbons (Fsp3) is 0.529. The van der Waals surface area contributed by atoms with Crippen LogP contribution in [0, 0.1) is 6.92 Å². The van der Waals surface area contributed by atoms with Crippen LogP contribution >= 0.6 is 0 Å². The van der Waals surface area contributed by atoms with E-state index in [1.54, 1.807) is 0 Å². The number of imidazole rings is 1. The van der Waals surface area contributed by atoms with Crippen molar-refractivity contribution in [1.82, 2.24) is 19.8 Å². The predicted octanol–water partition coefficient (Wildman–Crippen LogP) is 1.95. The summed E-state index contributed by atoms with van der Waals surface area (Å²) in [4.78, 5) is 19.4. The fourth-order valence-electron chi connectivity index (χ4n) is 3.28. The summed E-state index contributed by atoms with van der Waals surface area (Å²) in [5.74, 6) is 1.09. The Morgan fingerprint density at radius 3 is 3.00 bits per heavy atom. The predicted molar refractivity (Wildman–Crippen MR) is 87.7 cm³/mol. The SMILES string of the molecule is CCCN(C(=O)Cn1c(C)nc2ccccc21)C1CCNC1. The summed E-state index contributed by atoms with van der Waals surface area (Å²) in [5.41, 5.74) is 1.99. The molecular formula is C17H24N4O. The summed E-state index contributed by atoms with van der Waals surface area (Å²) in [6, 6.07) is 8.34. The zero-order valence-electron chi connectivity index (χ0n) is 13.4. The van der Waals surface area contributed by atoms with Crippen molar-refractivity contribution in [2.75, 3.05) is 19.6 Å². The Morgan fingerprint density at radius 2 is 2.27 bits per heavy atom. The molecule has 0 bridgehead atoms. The second kappa shape index (κ2) is 6.48. The molecule has 1 amide bonds. The quantitative estimate of drug-likeness (QED) is 0.918. The van der Waals surface area contributed by atoms with Gasteiger partial charge in [0, 0.05) is 19.1 Å². The van der Waals surface area contributed by atoms with Crippen molar-refractivity contribution in [1.29, 1.82) is 0 Å². The molecule has 1 atom stereocenters. The lowest BCUT2D eigenvalue weighted by Crippen LogP contribution is -2.43. The number of benzene rings is 1. The van der Waals surface area contributed by atoms with Gasteiger partial charge in [-0.3, -0.25) is 4.79 Å². The van der Waals surface area contributed by atoms with Crippen LogP contribution in [0.3, 0.4) is 0 Å². The first-order chi connectivity index (χ1) is 10.7. The zero-order valence-corrected chi connectivity index (χ0v) is 13.4. The molecule has 1 unspecified atom stereocenters. The molecule has 0 saturated carbocycles. The molecule has 1 fully saturated rings. The van der Waals surface area contributed by atoms with Gasteiger partial charge in [-0.2, -0.15) is 0 Å². The van der Waals surface area contributed by atoms with Gasteiger partial charge in [-0.15, -0.1) is 0 Å². The van der Waals surface area contributed by atoms with E-state index in [0.717, 1.165) is 49.3 Å². The van der Waals surface area contributed by atoms with Crippen LogP contribution < -0.4 is 5.32 Å². The molecule has 0 aliphatic carbocycles. The van der Waals surface area contributed by atoms with E-state index in [9.17, 15) is 4.79 Å². The third kappa shape index (κ3) is 2.86. The second-order valence-corrected chi connectivity index (χ2v) is 5.97. The van der Waals surface area contributed by atoms with Crippen molar-refractivity contribution in [3.63, 3.8) is 0 Å². The number of amides is 1. The van der Waals surface area contributed by atoms with Gasteiger partial charge in [0.05, 0.1) is 11.0 Å². The van der Waals surface area contributed by atoms with Crippen LogP contribution in [-0.4, -0.2) is 46.0 Å². The number of rotatable bonds is 5. The van der Waals surface area contributed by atoms with Gasteiger partial charge in [0.2, 0.25) is 5.91 Å². The number of hydrogen-bond acceptors (Lipinski definition) is 3. The summed E-state index contributed by atoms with van der Waals surface area (Å²) in [7, 11) is 0. The van der Waals surface area contributed by atoms with Gasteiger partial charge in [-0.05, 0) is 38.4 Å². The number of nitrogens with zero attached hydrogens (tertiary/aromatic N) is 3. The van der Waals surface area contributed by atoms with Gasteiger partial charge >= 0.3 is 0 Å². The highest BCUT2D eigenvalue weighted by Gasteiger charge is 2.26. The Morgan fingerprint density at radius 1 is 1.45 bits per heavy atom. The molecule has 1 aliphatic heterocycles. The van der Waals surface area contributed by atoms with Gasteiger partial charge in [-0.25, -0.2) is 4.98 Å². The third-order valence-corrected chi connectivity index (χ3v) is 4.40. The summed E-state index contributed by atoms with van der Waals surface area (Å²) in [6.45, 7) is 7.22. The van der Waals surface area contributed by atoms with E-state index in [1.807, 2.05) is 40.7 Å². The van der Waals surface area contributed by atoms with Crippen LogP contribution in [0.5, 0.6) is 0 Å². The lowest BCUT2D eigenvalue weighted by molar-refractivity contribution is -0.133. The number of carbonyl (C=O) groups is 1. The van der Waals surface area contributed by atoms with Crippen molar-refractivity contribution >= 4 is 16.9 Å². The minimum Gasteiger partial charge on any atom is -0.337 e. The topological polar surface area (TPSA) is 50.2 Å². The summed E-state index contributed by atoms with van der Waals surface area (Å²) in [6.07, 6.45) is 2.04. The molecule has 2 aromatic rings. The minimum absolute atomic E-state index is 0.196. The number of para-hydroxylation sites is 2. The highest BCUT2D eigenvalue weighted by molar-refractivity contribution is 5.81. The van der Waals surface area contributed by atoms with Crippen LogP contribution in [0.1, 0.15) is 25.6 Å². The van der Waals surface area contributed by atoms with E-state index in [1.165, 1.54) is 0 Å². The number of fused-ring (bicyclic) bond motifs is 1. The Labute approximate surface area is 131 Å². The van der Waals surface area contributed by atoms with Gasteiger partial charge in [0.25, 0.3) is 0 Å². The van der Waals surface area contributed by atoms with E-state index < -0.39 is 0 Å². The Hall–Kier alpha value is -1.88. The first kappa shape index (κ1) is 15.0. The highest BCUT2D eigenvalue weighted by Crippen LogP contribution is 2.17. The molecule has 0 radical (unpaired) electrons. The molecule has 5 nitrogen and oxygen atoms in total. The van der Waals surface area contributed by atoms with Crippen LogP contribution in [-0.2, 0) is 11.3 Å². The Balaban J connectivity index is 1.83. The van der Waals surface area contributed by atoms with Crippen LogP contribution in [0.25, 0.3) is 11.0 Å². The molecule has 3 rings (SSSR count). The average Bonchev–Trinajstić information content (AvgIpc) is 3.14. The average molecular weight is 300 g/mol. The molecule has 0 spiro atoms. The number of aromatic nitrogens is 2. The van der Waals surface area contributed by atoms with E-state index >= 15 is 0 Å². The Kier molecular flexibility index (Phi) is 4.43. The Bertz CT molecular complexity index is 658. The van der Waals surface area contributed by atoms with E-state index in [4.69, 9.17) is 0 Å². The van der Waals surface area contributed by atoms with Gasteiger partial charge in [0.15, 0.2) is 0 Å². The highest BCUT2D eigenvalue weighted by atomic mass is 16.2. The normalized spacial score (nSPS) is 18.0. The van der Waals surface area contributed by atoms with Crippen molar-refractivity contribution in [2.45, 2.75) is 39.3 Å². The smallest absolute Gasteiger partial charge is 0.242 e. The summed E-state index contributed by atoms with van der Waals surface area (Å²) in [5, 5.41) is 3.35. The maximum atomic E-state index is 12.8. The molecular weight excluding hydrogens is 276 g/mol. The van der Waals surface area contributed by atoms with Crippen LogP contribution in [0.2, 0.25) is 0 Å². The lowest BCUT2D eigenvalue weighted by Gasteiger charge is -2.28. The minimum atomic E-state index is 0.196. The zero-order chi connectivity index (χ0) is 15.5. The fourth-order valence-corrected chi connectivity index (χ4v) is 3.28. The standard InChI is InChI=1S/C17H24N4O/c1-3-10-20(14-8-9-18-11-14)17(22)12-21-13(2)19-15-6-4-5-7-16(15)21/h4-7,14,18H,3,8-12H2,1-2H3. The molecule has 1 aliphatic rings. The number of nitrogens with one attached hydrogen (secondary N) is 1. The molecule has 22 heavy (non-hydrogen) atoms. The first-order valence-electron chi connectivity index (χ1n) is 8.12. The van der Waals surface area contributed by atoms with Gasteiger partial charge in [0.1, 0.15) is 12.4 Å². The van der Waals surface area contributed by atoms with Crippen molar-refractivity contribution < 1.29 is 4.79 Å². The van der Waals surface area contributed by atoms with Gasteiger partial charge < -0.3 is 14.8 Å². The second-order valence-electron chi connectivity index (χ2n) is 5.97. The third-order valence-electron chi connectivity index (χ3n) is 4.40. The molecule has 1 aromatic carbocycles. The number of carbonyl (C=O) groups excluding carboxylic acids is 1. The van der Waals surface area contributed by atoms with E-state index in [0.29, 0.717) is 12.6 Å². The van der Waals surface area contributed by atoms with Crippen molar-refractivity contribution in [3.05, 3.63) is 30.1 Å². The van der Waals surface area contributed by atoms with E-state index in [-0.39, 0.29) is 5.91 Å². The molecule has 118 valence electrons. The van der Waals surface area contributed by atoms with Crippen LogP contribution in [0.15, 0.2) is 24.3 Å². The van der Waals surface area contributed by atoms with Crippen molar-refractivity contribution in [2.24, 2.45) is 0 Å². The number of hydrogen-bond donors (Lipinski definition) is 1. The van der Waals surface area contributed by atoms with Crippen LogP contribution in [0.4, 0.5) is 0 Å². The molecule has 1 aromatic heterocycles. The molecule has 2 heterocycles. The number of aryl methyl sites for hydroxylation is 1. The van der Waals surface area contributed by atoms with Gasteiger partial charge in [-0.1, -0.05) is 19.1 Å². The summed E-state index contributed by atoms with van der Waals surface area (Å²) >= 11 is 0. The molecule has 1 N–H and O–H groups in total. The lowest BCUT2D eigenvalue weighted by atomic mass is 10.2.